The number of hydrogen-bond acceptors (Lipinski definition) is 6. The molecule has 0 aliphatic carbocycles. The number of halogens is 1. The minimum atomic E-state index is 0. The van der Waals surface area contributed by atoms with Gasteiger partial charge in [0.1, 0.15) is 6.61 Å². The Bertz CT molecular complexity index is 534. The first-order valence-electron chi connectivity index (χ1n) is 8.40. The van der Waals surface area contributed by atoms with Crippen molar-refractivity contribution in [2.45, 2.75) is 6.92 Å². The predicted octanol–water partition coefficient (Wildman–Crippen LogP) is 1.96. The molecule has 1 aromatic rings. The highest BCUT2D eigenvalue weighted by atomic mass is 35.5. The Morgan fingerprint density at radius 1 is 1.08 bits per heavy atom. The lowest BCUT2D eigenvalue weighted by Gasteiger charge is -2.32. The molecule has 1 heterocycles. The molecule has 0 N–H and O–H groups in total. The molecule has 1 fully saturated rings. The summed E-state index contributed by atoms with van der Waals surface area (Å²) in [5.41, 5.74) is 0.614. The largest absolute Gasteiger partial charge is 0.493 e. The van der Waals surface area contributed by atoms with Gasteiger partial charge in [-0.2, -0.15) is 0 Å². The van der Waals surface area contributed by atoms with E-state index in [0.717, 1.165) is 32.7 Å². The second-order valence-electron chi connectivity index (χ2n) is 6.03. The number of piperazine rings is 1. The van der Waals surface area contributed by atoms with Crippen molar-refractivity contribution in [1.82, 2.24) is 9.80 Å². The number of carbonyl (C=O) groups is 1. The summed E-state index contributed by atoms with van der Waals surface area (Å²) in [7, 11) is 3.72. The molecule has 0 unspecified atom stereocenters. The van der Waals surface area contributed by atoms with Crippen LogP contribution in [0.2, 0.25) is 0 Å². The SMILES string of the molecule is COc1cc(C(C)=O)ccc1OCCOCCN1CCN(C)CC1.Cl. The third kappa shape index (κ3) is 7.20. The average Bonchev–Trinajstić information content (AvgIpc) is 2.59. The minimum Gasteiger partial charge on any atom is -0.493 e. The number of carbonyl (C=O) groups excluding carboxylic acids is 1. The van der Waals surface area contributed by atoms with E-state index in [2.05, 4.69) is 16.8 Å². The monoisotopic (exact) mass is 372 g/mol. The van der Waals surface area contributed by atoms with E-state index in [0.29, 0.717) is 36.9 Å². The maximum Gasteiger partial charge on any atom is 0.161 e. The Kier molecular flexibility index (Phi) is 9.82. The van der Waals surface area contributed by atoms with Crippen LogP contribution in [-0.4, -0.2) is 82.3 Å². The van der Waals surface area contributed by atoms with Crippen LogP contribution < -0.4 is 9.47 Å². The number of hydrogen-bond donors (Lipinski definition) is 0. The summed E-state index contributed by atoms with van der Waals surface area (Å²) in [4.78, 5) is 16.1. The first-order chi connectivity index (χ1) is 11.6. The molecular weight excluding hydrogens is 344 g/mol. The first kappa shape index (κ1) is 21.7. The lowest BCUT2D eigenvalue weighted by atomic mass is 10.1. The number of nitrogens with zero attached hydrogens (tertiary/aromatic N) is 2. The second-order valence-corrected chi connectivity index (χ2v) is 6.03. The smallest absolute Gasteiger partial charge is 0.161 e. The Morgan fingerprint density at radius 3 is 2.44 bits per heavy atom. The molecular formula is C18H29ClN2O4. The van der Waals surface area contributed by atoms with Gasteiger partial charge in [-0.05, 0) is 32.2 Å². The first-order valence-corrected chi connectivity index (χ1v) is 8.40. The van der Waals surface area contributed by atoms with Crippen LogP contribution >= 0.6 is 12.4 Å². The highest BCUT2D eigenvalue weighted by Gasteiger charge is 2.13. The highest BCUT2D eigenvalue weighted by Crippen LogP contribution is 2.28. The zero-order chi connectivity index (χ0) is 17.4. The Morgan fingerprint density at radius 2 is 1.80 bits per heavy atom. The van der Waals surface area contributed by atoms with E-state index in [-0.39, 0.29) is 18.2 Å². The highest BCUT2D eigenvalue weighted by molar-refractivity contribution is 5.94. The third-order valence-electron chi connectivity index (χ3n) is 4.20. The van der Waals surface area contributed by atoms with Gasteiger partial charge in [0.25, 0.3) is 0 Å². The van der Waals surface area contributed by atoms with E-state index in [4.69, 9.17) is 14.2 Å². The fourth-order valence-corrected chi connectivity index (χ4v) is 2.58. The van der Waals surface area contributed by atoms with Crippen molar-refractivity contribution in [2.24, 2.45) is 0 Å². The lowest BCUT2D eigenvalue weighted by molar-refractivity contribution is 0.0653. The molecule has 0 radical (unpaired) electrons. The molecule has 6 nitrogen and oxygen atoms in total. The van der Waals surface area contributed by atoms with Crippen molar-refractivity contribution in [2.75, 3.05) is 66.7 Å². The van der Waals surface area contributed by atoms with Crippen LogP contribution in [0, 0.1) is 0 Å². The number of ketones is 1. The van der Waals surface area contributed by atoms with Gasteiger partial charge in [-0.25, -0.2) is 0 Å². The Labute approximate surface area is 156 Å². The molecule has 25 heavy (non-hydrogen) atoms. The van der Waals surface area contributed by atoms with Crippen LogP contribution in [0.1, 0.15) is 17.3 Å². The van der Waals surface area contributed by atoms with Gasteiger partial charge < -0.3 is 19.1 Å². The van der Waals surface area contributed by atoms with Crippen molar-refractivity contribution in [3.05, 3.63) is 23.8 Å². The zero-order valence-corrected chi connectivity index (χ0v) is 16.1. The summed E-state index contributed by atoms with van der Waals surface area (Å²) in [6.07, 6.45) is 0. The van der Waals surface area contributed by atoms with Crippen molar-refractivity contribution in [3.8, 4) is 11.5 Å². The van der Waals surface area contributed by atoms with Gasteiger partial charge in [0, 0.05) is 38.3 Å². The summed E-state index contributed by atoms with van der Waals surface area (Å²) in [6.45, 7) is 8.66. The summed E-state index contributed by atoms with van der Waals surface area (Å²) >= 11 is 0. The number of methoxy groups -OCH3 is 1. The van der Waals surface area contributed by atoms with Gasteiger partial charge in [0.05, 0.1) is 20.3 Å². The van der Waals surface area contributed by atoms with E-state index >= 15 is 0 Å². The van der Waals surface area contributed by atoms with Crippen LogP contribution in [0.5, 0.6) is 11.5 Å². The van der Waals surface area contributed by atoms with Crippen LogP contribution in [0.25, 0.3) is 0 Å². The van der Waals surface area contributed by atoms with Gasteiger partial charge in [-0.3, -0.25) is 9.69 Å². The quantitative estimate of drug-likeness (QED) is 0.488. The molecule has 7 heteroatoms. The van der Waals surface area contributed by atoms with Gasteiger partial charge in [0.2, 0.25) is 0 Å². The number of rotatable bonds is 9. The summed E-state index contributed by atoms with van der Waals surface area (Å²) in [5.74, 6) is 1.21. The fourth-order valence-electron chi connectivity index (χ4n) is 2.58. The van der Waals surface area contributed by atoms with E-state index in [1.807, 2.05) is 0 Å². The molecule has 0 aromatic heterocycles. The van der Waals surface area contributed by atoms with Crippen LogP contribution in [0.3, 0.4) is 0 Å². The van der Waals surface area contributed by atoms with Crippen LogP contribution in [-0.2, 0) is 4.74 Å². The second kappa shape index (κ2) is 11.3. The maximum atomic E-state index is 11.4. The Balaban J connectivity index is 0.00000312. The lowest BCUT2D eigenvalue weighted by Crippen LogP contribution is -2.45. The van der Waals surface area contributed by atoms with E-state index in [9.17, 15) is 4.79 Å². The van der Waals surface area contributed by atoms with Gasteiger partial charge in [-0.15, -0.1) is 12.4 Å². The van der Waals surface area contributed by atoms with Gasteiger partial charge in [0.15, 0.2) is 17.3 Å². The van der Waals surface area contributed by atoms with Gasteiger partial charge in [-0.1, -0.05) is 0 Å². The zero-order valence-electron chi connectivity index (χ0n) is 15.3. The molecule has 0 saturated carbocycles. The van der Waals surface area contributed by atoms with Crippen molar-refractivity contribution in [1.29, 1.82) is 0 Å². The molecule has 1 aliphatic heterocycles. The molecule has 1 aliphatic rings. The van der Waals surface area contributed by atoms with E-state index < -0.39 is 0 Å². The molecule has 2 rings (SSSR count). The molecule has 142 valence electrons. The number of benzene rings is 1. The summed E-state index contributed by atoms with van der Waals surface area (Å²) in [6, 6.07) is 5.21. The normalized spacial score (nSPS) is 15.5. The molecule has 0 spiro atoms. The number of likely N-dealkylation sites (N-methyl/N-ethyl adjacent to an activating group) is 1. The predicted molar refractivity (Wildman–Crippen MR) is 100 cm³/mol. The van der Waals surface area contributed by atoms with Crippen molar-refractivity contribution < 1.29 is 19.0 Å². The average molecular weight is 373 g/mol. The molecule has 0 atom stereocenters. The van der Waals surface area contributed by atoms with Crippen LogP contribution in [0.15, 0.2) is 18.2 Å². The van der Waals surface area contributed by atoms with Gasteiger partial charge >= 0.3 is 0 Å². The van der Waals surface area contributed by atoms with E-state index in [1.54, 1.807) is 25.3 Å². The summed E-state index contributed by atoms with van der Waals surface area (Å²) in [5, 5.41) is 0. The van der Waals surface area contributed by atoms with Crippen LogP contribution in [0.4, 0.5) is 0 Å². The van der Waals surface area contributed by atoms with Crippen molar-refractivity contribution in [3.63, 3.8) is 0 Å². The molecule has 1 aromatic carbocycles. The third-order valence-corrected chi connectivity index (χ3v) is 4.20. The fraction of sp³-hybridized carbons (Fsp3) is 0.611. The Hall–Kier alpha value is -1.34. The maximum absolute atomic E-state index is 11.4. The topological polar surface area (TPSA) is 51.2 Å². The summed E-state index contributed by atoms with van der Waals surface area (Å²) < 4.78 is 16.6. The molecule has 0 amide bonds. The molecule has 1 saturated heterocycles. The number of ether oxygens (including phenoxy) is 3. The van der Waals surface area contributed by atoms with Crippen molar-refractivity contribution >= 4 is 18.2 Å². The van der Waals surface area contributed by atoms with E-state index in [1.165, 1.54) is 6.92 Å². The number of Topliss-reactive ketones (excluding diaryl/α,β-unsaturated/α-hetero) is 1. The minimum absolute atomic E-state index is 0. The molecule has 0 bridgehead atoms. The standard InChI is InChI=1S/C18H28N2O4.ClH/c1-15(21)16-4-5-17(18(14-16)22-3)24-13-12-23-11-10-20-8-6-19(2)7-9-20;/h4-5,14H,6-13H2,1-3H3;1H.